The van der Waals surface area contributed by atoms with Crippen molar-refractivity contribution in [3.8, 4) is 0 Å². The van der Waals surface area contributed by atoms with Crippen LogP contribution in [0.4, 0.5) is 0 Å². The van der Waals surface area contributed by atoms with Gasteiger partial charge < -0.3 is 10.4 Å². The second kappa shape index (κ2) is 6.92. The molecule has 0 fully saturated rings. The normalized spacial score (nSPS) is 14.0. The number of hydrogen-bond acceptors (Lipinski definition) is 2. The van der Waals surface area contributed by atoms with Crippen LogP contribution in [-0.2, 0) is 9.59 Å². The van der Waals surface area contributed by atoms with Crippen LogP contribution in [0.25, 0.3) is 0 Å². The van der Waals surface area contributed by atoms with Crippen molar-refractivity contribution in [2.24, 2.45) is 29.1 Å². The lowest BCUT2D eigenvalue weighted by molar-refractivity contribution is -0.151. The molecule has 0 saturated heterocycles. The van der Waals surface area contributed by atoms with Crippen LogP contribution in [0.5, 0.6) is 0 Å². The Labute approximate surface area is 117 Å². The van der Waals surface area contributed by atoms with Crippen molar-refractivity contribution in [3.63, 3.8) is 0 Å². The molecule has 1 unspecified atom stereocenters. The van der Waals surface area contributed by atoms with Crippen molar-refractivity contribution in [1.82, 2.24) is 5.32 Å². The number of carboxylic acid groups (broad SMARTS) is 1. The van der Waals surface area contributed by atoms with Gasteiger partial charge >= 0.3 is 5.97 Å². The monoisotopic (exact) mass is 271 g/mol. The Balaban J connectivity index is 4.72. The topological polar surface area (TPSA) is 66.4 Å². The third-order valence-corrected chi connectivity index (χ3v) is 3.60. The highest BCUT2D eigenvalue weighted by Gasteiger charge is 2.37. The molecule has 1 atom stereocenters. The summed E-state index contributed by atoms with van der Waals surface area (Å²) < 4.78 is 0. The second-order valence-corrected chi connectivity index (χ2v) is 7.03. The minimum Gasteiger partial charge on any atom is -0.481 e. The summed E-state index contributed by atoms with van der Waals surface area (Å²) in [6.45, 7) is 14.3. The molecule has 0 aliphatic rings. The summed E-state index contributed by atoms with van der Waals surface area (Å²) >= 11 is 0. The molecule has 112 valence electrons. The number of hydrogen-bond donors (Lipinski definition) is 2. The lowest BCUT2D eigenvalue weighted by atomic mass is 9.79. The maximum atomic E-state index is 12.1. The number of carbonyl (C=O) groups excluding carboxylic acids is 1. The third kappa shape index (κ3) is 5.62. The highest BCUT2D eigenvalue weighted by Crippen LogP contribution is 2.27. The van der Waals surface area contributed by atoms with Gasteiger partial charge in [0.15, 0.2) is 0 Å². The van der Waals surface area contributed by atoms with E-state index in [4.69, 9.17) is 0 Å². The first-order chi connectivity index (χ1) is 8.48. The van der Waals surface area contributed by atoms with Crippen LogP contribution in [-0.4, -0.2) is 23.5 Å². The summed E-state index contributed by atoms with van der Waals surface area (Å²) in [6.07, 6.45) is 0. The highest BCUT2D eigenvalue weighted by molar-refractivity contribution is 5.97. The number of nitrogens with one attached hydrogen (secondary N) is 1. The minimum absolute atomic E-state index is 0.360. The Kier molecular flexibility index (Phi) is 6.53. The van der Waals surface area contributed by atoms with E-state index in [0.717, 1.165) is 0 Å². The molecule has 0 aromatic rings. The lowest BCUT2D eigenvalue weighted by Gasteiger charge is -2.29. The predicted molar refractivity (Wildman–Crippen MR) is 76.8 cm³/mol. The Morgan fingerprint density at radius 2 is 1.47 bits per heavy atom. The maximum Gasteiger partial charge on any atom is 0.316 e. The number of rotatable bonds is 6. The van der Waals surface area contributed by atoms with Gasteiger partial charge in [0, 0.05) is 6.54 Å². The van der Waals surface area contributed by atoms with Gasteiger partial charge in [0.1, 0.15) is 5.92 Å². The van der Waals surface area contributed by atoms with Crippen molar-refractivity contribution in [2.45, 2.75) is 48.5 Å². The predicted octanol–water partition coefficient (Wildman–Crippen LogP) is 2.78. The molecule has 0 spiro atoms. The fraction of sp³-hybridized carbons (Fsp3) is 0.867. The van der Waals surface area contributed by atoms with E-state index in [2.05, 4.69) is 33.0 Å². The van der Waals surface area contributed by atoms with Gasteiger partial charge in [0.25, 0.3) is 0 Å². The average molecular weight is 271 g/mol. The van der Waals surface area contributed by atoms with Gasteiger partial charge in [0.2, 0.25) is 5.91 Å². The first kappa shape index (κ1) is 17.9. The molecule has 0 aliphatic carbocycles. The Morgan fingerprint density at radius 1 is 1.05 bits per heavy atom. The SMILES string of the molecule is CC(C)C(CNC(=O)C(C(=O)O)C(C)(C)C)C(C)C. The Hall–Kier alpha value is -1.06. The number of aliphatic carboxylic acids is 1. The minimum atomic E-state index is -1.06. The van der Waals surface area contributed by atoms with Crippen molar-refractivity contribution >= 4 is 11.9 Å². The van der Waals surface area contributed by atoms with Gasteiger partial charge in [-0.1, -0.05) is 48.5 Å². The number of carboxylic acids is 1. The van der Waals surface area contributed by atoms with Crippen LogP contribution < -0.4 is 5.32 Å². The smallest absolute Gasteiger partial charge is 0.316 e. The summed E-state index contributed by atoms with van der Waals surface area (Å²) in [5, 5.41) is 12.0. The van der Waals surface area contributed by atoms with Crippen molar-refractivity contribution in [3.05, 3.63) is 0 Å². The summed E-state index contributed by atoms with van der Waals surface area (Å²) in [5.74, 6) is -1.18. The van der Waals surface area contributed by atoms with E-state index < -0.39 is 17.3 Å². The Morgan fingerprint density at radius 3 is 1.74 bits per heavy atom. The summed E-state index contributed by atoms with van der Waals surface area (Å²) in [4.78, 5) is 23.3. The molecule has 1 amide bonds. The molecule has 0 bridgehead atoms. The molecule has 4 heteroatoms. The first-order valence-corrected chi connectivity index (χ1v) is 6.99. The van der Waals surface area contributed by atoms with E-state index in [-0.39, 0.29) is 5.91 Å². The molecular formula is C15H29NO3. The van der Waals surface area contributed by atoms with Gasteiger partial charge in [-0.2, -0.15) is 0 Å². The zero-order chi connectivity index (χ0) is 15.4. The molecule has 2 N–H and O–H groups in total. The van der Waals surface area contributed by atoms with Gasteiger partial charge in [-0.25, -0.2) is 0 Å². The fourth-order valence-electron chi connectivity index (χ4n) is 2.44. The average Bonchev–Trinajstić information content (AvgIpc) is 2.12. The summed E-state index contributed by atoms with van der Waals surface area (Å²) in [5.41, 5.74) is -0.582. The van der Waals surface area contributed by atoms with Gasteiger partial charge in [-0.15, -0.1) is 0 Å². The van der Waals surface area contributed by atoms with Crippen LogP contribution in [0.3, 0.4) is 0 Å². The quantitative estimate of drug-likeness (QED) is 0.730. The van der Waals surface area contributed by atoms with E-state index in [0.29, 0.717) is 24.3 Å². The molecule has 4 nitrogen and oxygen atoms in total. The zero-order valence-electron chi connectivity index (χ0n) is 13.3. The van der Waals surface area contributed by atoms with Crippen LogP contribution in [0.15, 0.2) is 0 Å². The molecule has 0 aromatic heterocycles. The van der Waals surface area contributed by atoms with E-state index in [1.54, 1.807) is 20.8 Å². The summed E-state index contributed by atoms with van der Waals surface area (Å²) in [7, 11) is 0. The van der Waals surface area contributed by atoms with E-state index >= 15 is 0 Å². The molecule has 0 heterocycles. The van der Waals surface area contributed by atoms with E-state index in [9.17, 15) is 14.7 Å². The van der Waals surface area contributed by atoms with E-state index in [1.807, 2.05) is 0 Å². The van der Waals surface area contributed by atoms with Crippen LogP contribution in [0, 0.1) is 29.1 Å². The fourth-order valence-corrected chi connectivity index (χ4v) is 2.44. The number of amides is 1. The van der Waals surface area contributed by atoms with Gasteiger partial charge in [0.05, 0.1) is 0 Å². The summed E-state index contributed by atoms with van der Waals surface area (Å²) in [6, 6.07) is 0. The van der Waals surface area contributed by atoms with Crippen LogP contribution >= 0.6 is 0 Å². The van der Waals surface area contributed by atoms with Crippen molar-refractivity contribution in [2.75, 3.05) is 6.54 Å². The largest absolute Gasteiger partial charge is 0.481 e. The molecule has 0 radical (unpaired) electrons. The number of carbonyl (C=O) groups is 2. The van der Waals surface area contributed by atoms with Gasteiger partial charge in [-0.05, 0) is 23.2 Å². The molecule has 0 saturated carbocycles. The maximum absolute atomic E-state index is 12.1. The van der Waals surface area contributed by atoms with Crippen molar-refractivity contribution < 1.29 is 14.7 Å². The zero-order valence-corrected chi connectivity index (χ0v) is 13.3. The lowest BCUT2D eigenvalue weighted by Crippen LogP contribution is -2.45. The highest BCUT2D eigenvalue weighted by atomic mass is 16.4. The van der Waals surface area contributed by atoms with Crippen LogP contribution in [0.2, 0.25) is 0 Å². The van der Waals surface area contributed by atoms with Crippen molar-refractivity contribution in [1.29, 1.82) is 0 Å². The molecule has 19 heavy (non-hydrogen) atoms. The molecular weight excluding hydrogens is 242 g/mol. The van der Waals surface area contributed by atoms with Crippen LogP contribution in [0.1, 0.15) is 48.5 Å². The Bertz CT molecular complexity index is 308. The van der Waals surface area contributed by atoms with E-state index in [1.165, 1.54) is 0 Å². The first-order valence-electron chi connectivity index (χ1n) is 6.99. The molecule has 0 rings (SSSR count). The third-order valence-electron chi connectivity index (χ3n) is 3.60. The van der Waals surface area contributed by atoms with Gasteiger partial charge in [-0.3, -0.25) is 9.59 Å². The second-order valence-electron chi connectivity index (χ2n) is 7.03. The molecule has 0 aromatic carbocycles. The standard InChI is InChI=1S/C15H29NO3/c1-9(2)11(10(3)4)8-16-13(17)12(14(18)19)15(5,6)7/h9-12H,8H2,1-7H3,(H,16,17)(H,18,19). The molecule has 0 aliphatic heterocycles.